The summed E-state index contributed by atoms with van der Waals surface area (Å²) in [5.41, 5.74) is 0. The van der Waals surface area contributed by atoms with Crippen molar-refractivity contribution in [2.45, 2.75) is 85.5 Å². The normalized spacial score (nSPS) is 9.33. The van der Waals surface area contributed by atoms with Crippen LogP contribution in [-0.2, 0) is 4.79 Å². The zero-order valence-electron chi connectivity index (χ0n) is 11.3. The maximum Gasteiger partial charge on any atom is 0.129 e. The molecule has 0 aromatic heterocycles. The van der Waals surface area contributed by atoms with Gasteiger partial charge in [0.15, 0.2) is 0 Å². The summed E-state index contributed by atoms with van der Waals surface area (Å²) in [4.78, 5) is 9.81. The van der Waals surface area contributed by atoms with Crippen LogP contribution in [0.1, 0.15) is 85.5 Å². The van der Waals surface area contributed by atoms with E-state index in [-0.39, 0.29) is 5.78 Å². The molecule has 0 spiro atoms. The van der Waals surface area contributed by atoms with E-state index in [1.165, 1.54) is 51.4 Å². The van der Waals surface area contributed by atoms with Crippen LogP contribution in [-0.4, -0.2) is 5.78 Å². The molecule has 0 aliphatic heterocycles. The highest BCUT2D eigenvalue weighted by atomic mass is 16.1. The Bertz CT molecular complexity index is 111. The Morgan fingerprint density at radius 3 is 1.20 bits per heavy atom. The summed E-state index contributed by atoms with van der Waals surface area (Å²) in [6.45, 7) is 7.97. The summed E-state index contributed by atoms with van der Waals surface area (Å²) in [5.74, 6) is 0.255. The maximum atomic E-state index is 9.81. The Morgan fingerprint density at radius 1 is 0.733 bits per heavy atom. The zero-order valence-corrected chi connectivity index (χ0v) is 11.3. The second-order valence-corrected chi connectivity index (χ2v) is 4.18. The monoisotopic (exact) mass is 214 g/mol. The first-order valence-corrected chi connectivity index (χ1v) is 6.68. The van der Waals surface area contributed by atoms with Gasteiger partial charge in [-0.3, -0.25) is 0 Å². The predicted octanol–water partition coefficient (Wildman–Crippen LogP) is 5.13. The van der Waals surface area contributed by atoms with Crippen LogP contribution in [0.3, 0.4) is 0 Å². The van der Waals surface area contributed by atoms with Crippen molar-refractivity contribution in [1.82, 2.24) is 0 Å². The number of ketones is 1. The third-order valence-corrected chi connectivity index (χ3v) is 2.45. The molecule has 1 heteroatoms. The van der Waals surface area contributed by atoms with Crippen LogP contribution >= 0.6 is 0 Å². The van der Waals surface area contributed by atoms with E-state index in [0.29, 0.717) is 6.42 Å². The summed E-state index contributed by atoms with van der Waals surface area (Å²) in [6, 6.07) is 0. The highest BCUT2D eigenvalue weighted by molar-refractivity contribution is 5.74. The Hall–Kier alpha value is -0.330. The molecule has 0 aromatic carbocycles. The number of carbonyl (C=O) groups excluding carboxylic acids is 1. The number of unbranched alkanes of at least 4 members (excludes halogenated alkanes) is 7. The van der Waals surface area contributed by atoms with Crippen molar-refractivity contribution in [1.29, 1.82) is 0 Å². The van der Waals surface area contributed by atoms with E-state index in [0.717, 1.165) is 0 Å². The first kappa shape index (κ1) is 17.1. The van der Waals surface area contributed by atoms with Crippen LogP contribution in [0.15, 0.2) is 0 Å². The topological polar surface area (TPSA) is 17.1 Å². The SMILES string of the molecule is CCC(C)=O.CCCCCCCCCC. The molecule has 0 saturated heterocycles. The minimum atomic E-state index is 0.255. The van der Waals surface area contributed by atoms with Gasteiger partial charge in [0, 0.05) is 6.42 Å². The summed E-state index contributed by atoms with van der Waals surface area (Å²) in [5, 5.41) is 0. The van der Waals surface area contributed by atoms with Crippen LogP contribution in [0.25, 0.3) is 0 Å². The molecule has 1 nitrogen and oxygen atoms in total. The average molecular weight is 214 g/mol. The number of Topliss-reactive ketones (excluding diaryl/α,β-unsaturated/α-hetero) is 1. The van der Waals surface area contributed by atoms with Crippen LogP contribution in [0.5, 0.6) is 0 Å². The van der Waals surface area contributed by atoms with Gasteiger partial charge in [0.2, 0.25) is 0 Å². The molecule has 0 aliphatic rings. The fraction of sp³-hybridized carbons (Fsp3) is 0.929. The van der Waals surface area contributed by atoms with Gasteiger partial charge >= 0.3 is 0 Å². The zero-order chi connectivity index (χ0) is 11.9. The number of carbonyl (C=O) groups is 1. The minimum absolute atomic E-state index is 0.255. The predicted molar refractivity (Wildman–Crippen MR) is 69.3 cm³/mol. The molecule has 0 aromatic rings. The largest absolute Gasteiger partial charge is 0.300 e. The van der Waals surface area contributed by atoms with Gasteiger partial charge in [0.05, 0.1) is 0 Å². The molecule has 0 fully saturated rings. The Labute approximate surface area is 96.7 Å². The van der Waals surface area contributed by atoms with Crippen LogP contribution < -0.4 is 0 Å². The molecule has 0 rings (SSSR count). The summed E-state index contributed by atoms with van der Waals surface area (Å²) in [6.07, 6.45) is 12.1. The van der Waals surface area contributed by atoms with Crippen LogP contribution in [0.2, 0.25) is 0 Å². The second kappa shape index (κ2) is 16.1. The van der Waals surface area contributed by atoms with Crippen molar-refractivity contribution in [2.75, 3.05) is 0 Å². The first-order chi connectivity index (χ1) is 7.18. The molecule has 0 atom stereocenters. The highest BCUT2D eigenvalue weighted by Crippen LogP contribution is 2.07. The maximum absolute atomic E-state index is 9.81. The van der Waals surface area contributed by atoms with Crippen molar-refractivity contribution in [3.05, 3.63) is 0 Å². The van der Waals surface area contributed by atoms with E-state index in [2.05, 4.69) is 13.8 Å². The molecule has 0 radical (unpaired) electrons. The highest BCUT2D eigenvalue weighted by Gasteiger charge is 1.87. The van der Waals surface area contributed by atoms with Gasteiger partial charge < -0.3 is 4.79 Å². The third-order valence-electron chi connectivity index (χ3n) is 2.45. The van der Waals surface area contributed by atoms with E-state index in [1.54, 1.807) is 6.92 Å². The van der Waals surface area contributed by atoms with E-state index in [4.69, 9.17) is 0 Å². The quantitative estimate of drug-likeness (QED) is 0.512. The molecule has 0 bridgehead atoms. The van der Waals surface area contributed by atoms with E-state index >= 15 is 0 Å². The molecular weight excluding hydrogens is 184 g/mol. The molecule has 0 heterocycles. The Morgan fingerprint density at radius 2 is 1.00 bits per heavy atom. The lowest BCUT2D eigenvalue weighted by molar-refractivity contribution is -0.116. The van der Waals surface area contributed by atoms with Crippen molar-refractivity contribution >= 4 is 5.78 Å². The minimum Gasteiger partial charge on any atom is -0.300 e. The van der Waals surface area contributed by atoms with Crippen molar-refractivity contribution in [2.24, 2.45) is 0 Å². The third kappa shape index (κ3) is 24.8. The van der Waals surface area contributed by atoms with Crippen LogP contribution in [0, 0.1) is 0 Å². The average Bonchev–Trinajstić information content (AvgIpc) is 2.24. The fourth-order valence-corrected chi connectivity index (χ4v) is 1.21. The van der Waals surface area contributed by atoms with Crippen LogP contribution in [0.4, 0.5) is 0 Å². The molecular formula is C14H30O. The standard InChI is InChI=1S/C10H22.C4H8O/c1-3-5-7-9-10-8-6-4-2;1-3-4(2)5/h3-10H2,1-2H3;3H2,1-2H3. The van der Waals surface area contributed by atoms with Gasteiger partial charge in [0.1, 0.15) is 5.78 Å². The Balaban J connectivity index is 0. The summed E-state index contributed by atoms with van der Waals surface area (Å²) in [7, 11) is 0. The number of hydrogen-bond donors (Lipinski definition) is 0. The lowest BCUT2D eigenvalue weighted by Gasteiger charge is -1.97. The lowest BCUT2D eigenvalue weighted by atomic mass is 10.1. The molecule has 0 saturated carbocycles. The summed E-state index contributed by atoms with van der Waals surface area (Å²) < 4.78 is 0. The van der Waals surface area contributed by atoms with Crippen molar-refractivity contribution in [3.8, 4) is 0 Å². The van der Waals surface area contributed by atoms with Gasteiger partial charge in [-0.1, -0.05) is 72.1 Å². The number of hydrogen-bond acceptors (Lipinski definition) is 1. The molecule has 0 unspecified atom stereocenters. The van der Waals surface area contributed by atoms with Gasteiger partial charge in [-0.15, -0.1) is 0 Å². The van der Waals surface area contributed by atoms with E-state index in [9.17, 15) is 4.79 Å². The fourth-order valence-electron chi connectivity index (χ4n) is 1.21. The van der Waals surface area contributed by atoms with E-state index < -0.39 is 0 Å². The van der Waals surface area contributed by atoms with Gasteiger partial charge in [0.25, 0.3) is 0 Å². The molecule has 0 aliphatic carbocycles. The molecule has 15 heavy (non-hydrogen) atoms. The van der Waals surface area contributed by atoms with E-state index in [1.807, 2.05) is 6.92 Å². The Kier molecular flexibility index (Phi) is 18.3. The second-order valence-electron chi connectivity index (χ2n) is 4.18. The molecule has 0 N–H and O–H groups in total. The van der Waals surface area contributed by atoms with Crippen molar-refractivity contribution in [3.63, 3.8) is 0 Å². The smallest absolute Gasteiger partial charge is 0.129 e. The summed E-state index contributed by atoms with van der Waals surface area (Å²) >= 11 is 0. The van der Waals surface area contributed by atoms with Crippen molar-refractivity contribution < 1.29 is 4.79 Å². The number of rotatable bonds is 8. The van der Waals surface area contributed by atoms with Gasteiger partial charge in [-0.25, -0.2) is 0 Å². The molecule has 92 valence electrons. The lowest BCUT2D eigenvalue weighted by Crippen LogP contribution is -1.80. The van der Waals surface area contributed by atoms with Gasteiger partial charge in [-0.05, 0) is 6.92 Å². The molecule has 0 amide bonds. The van der Waals surface area contributed by atoms with Gasteiger partial charge in [-0.2, -0.15) is 0 Å². The first-order valence-electron chi connectivity index (χ1n) is 6.68.